The van der Waals surface area contributed by atoms with Crippen LogP contribution in [-0.2, 0) is 110 Å². The number of ether oxygens (including phenoxy) is 12. The molecule has 0 aliphatic rings. The van der Waals surface area contributed by atoms with E-state index >= 15 is 0 Å². The van der Waals surface area contributed by atoms with E-state index in [9.17, 15) is 57.5 Å². The number of esters is 11. The lowest BCUT2D eigenvalue weighted by Crippen LogP contribution is -2.28. The zero-order valence-electron chi connectivity index (χ0n) is 60.5. The van der Waals surface area contributed by atoms with E-state index in [0.29, 0.717) is 212 Å². The summed E-state index contributed by atoms with van der Waals surface area (Å²) in [5.41, 5.74) is 0. The summed E-state index contributed by atoms with van der Waals surface area (Å²) in [6.07, 6.45) is 27.7. The van der Waals surface area contributed by atoms with Crippen molar-refractivity contribution in [3.05, 3.63) is 12.7 Å². The molecule has 0 aliphatic heterocycles. The molecular weight excluding hydrogens is 1290 g/mol. The molecule has 1 atom stereocenters. The summed E-state index contributed by atoms with van der Waals surface area (Å²) in [5, 5.41) is 2.46. The van der Waals surface area contributed by atoms with E-state index in [1.165, 1.54) is 0 Å². The average Bonchev–Trinajstić information content (AvgIpc) is 3.63. The van der Waals surface area contributed by atoms with Crippen LogP contribution in [0.2, 0.25) is 0 Å². The zero-order valence-corrected chi connectivity index (χ0v) is 60.5. The summed E-state index contributed by atoms with van der Waals surface area (Å²) >= 11 is 0. The van der Waals surface area contributed by atoms with Gasteiger partial charge in [-0.25, -0.2) is 9.59 Å². The van der Waals surface area contributed by atoms with Gasteiger partial charge in [-0.3, -0.25) is 47.9 Å². The molecule has 0 bridgehead atoms. The van der Waals surface area contributed by atoms with Crippen LogP contribution in [0, 0.1) is 5.92 Å². The Balaban J connectivity index is 3.53. The number of unbranched alkanes of at least 4 members (excludes halogenated alkanes) is 21. The van der Waals surface area contributed by atoms with E-state index in [-0.39, 0.29) is 171 Å². The van der Waals surface area contributed by atoms with Crippen LogP contribution in [0.1, 0.15) is 296 Å². The number of hydrogen-bond donors (Lipinski definition) is 1. The Bertz CT molecular complexity index is 2170. The lowest BCUT2D eigenvalue weighted by atomic mass is 10.0. The van der Waals surface area contributed by atoms with Crippen molar-refractivity contribution in [3.63, 3.8) is 0 Å². The number of rotatable bonds is 70. The molecule has 0 aromatic heterocycles. The van der Waals surface area contributed by atoms with Crippen LogP contribution in [0.3, 0.4) is 0 Å². The highest BCUT2D eigenvalue weighted by atomic mass is 16.6. The minimum absolute atomic E-state index is 0.0157. The van der Waals surface area contributed by atoms with Crippen LogP contribution in [0.4, 0.5) is 4.79 Å². The topological polar surface area (TPSA) is 328 Å². The van der Waals surface area contributed by atoms with E-state index in [2.05, 4.69) is 25.7 Å². The summed E-state index contributed by atoms with van der Waals surface area (Å²) < 4.78 is 62.8. The fourth-order valence-electron chi connectivity index (χ4n) is 9.57. The second-order valence-corrected chi connectivity index (χ2v) is 24.6. The van der Waals surface area contributed by atoms with Gasteiger partial charge < -0.3 is 62.2 Å². The number of carbonyl (C=O) groups is 12. The van der Waals surface area contributed by atoms with Crippen molar-refractivity contribution in [3.8, 4) is 0 Å². The molecule has 25 nitrogen and oxygen atoms in total. The molecule has 0 saturated heterocycles. The minimum atomic E-state index is -0.613. The second kappa shape index (κ2) is 69.7. The Labute approximate surface area is 590 Å². The molecule has 0 aromatic rings. The average molecular weight is 1410 g/mol. The van der Waals surface area contributed by atoms with E-state index in [1.807, 2.05) is 0 Å². The number of alkyl carbamates (subject to hydrolysis) is 1. The maximum absolute atomic E-state index is 12.1. The van der Waals surface area contributed by atoms with Crippen molar-refractivity contribution in [1.82, 2.24) is 5.32 Å². The first-order valence-electron chi connectivity index (χ1n) is 37.3. The molecule has 1 unspecified atom stereocenters. The Morgan fingerprint density at radius 1 is 0.273 bits per heavy atom. The van der Waals surface area contributed by atoms with Gasteiger partial charge in [0.25, 0.3) is 0 Å². The molecule has 0 aliphatic carbocycles. The molecule has 0 heterocycles. The first-order valence-corrected chi connectivity index (χ1v) is 37.3. The van der Waals surface area contributed by atoms with Gasteiger partial charge in [0.15, 0.2) is 0 Å². The summed E-state index contributed by atoms with van der Waals surface area (Å²) in [7, 11) is 0. The SMILES string of the molecule is C=CC(=O)OCCNC(=O)OCCCCCC(=O)OCCCCCC(=O)OCCCCCC(=O)OCCCCCC(=O)OCCCCCC(=O)OCCCCCC(=O)OCCCCCC(=O)OCCCCCC(=O)OCCCCCC(=O)OCCCCCC(=O)OCC(CC)CCCC. The van der Waals surface area contributed by atoms with Gasteiger partial charge in [-0.15, -0.1) is 0 Å². The summed E-state index contributed by atoms with van der Waals surface area (Å²) in [4.78, 5) is 143. The summed E-state index contributed by atoms with van der Waals surface area (Å²) in [6.45, 7) is 11.0. The number of nitrogens with one attached hydrogen (secondary N) is 1. The van der Waals surface area contributed by atoms with E-state index in [1.54, 1.807) is 0 Å². The van der Waals surface area contributed by atoms with Crippen molar-refractivity contribution < 1.29 is 114 Å². The lowest BCUT2D eigenvalue weighted by Gasteiger charge is -2.14. The zero-order chi connectivity index (χ0) is 72.7. The fraction of sp³-hybridized carbons (Fsp3) is 0.811. The van der Waals surface area contributed by atoms with Gasteiger partial charge in [0.2, 0.25) is 0 Å². The Hall–Kier alpha value is -6.82. The van der Waals surface area contributed by atoms with Crippen molar-refractivity contribution in [1.29, 1.82) is 0 Å². The largest absolute Gasteiger partial charge is 0.466 e. The smallest absolute Gasteiger partial charge is 0.407 e. The van der Waals surface area contributed by atoms with E-state index in [0.717, 1.165) is 57.4 Å². The molecule has 0 saturated carbocycles. The van der Waals surface area contributed by atoms with Gasteiger partial charge in [0, 0.05) is 70.3 Å². The number of carbonyl (C=O) groups excluding carboxylic acids is 12. The molecule has 0 aromatic carbocycles. The molecule has 570 valence electrons. The van der Waals surface area contributed by atoms with Crippen LogP contribution in [0.15, 0.2) is 12.7 Å². The van der Waals surface area contributed by atoms with Crippen LogP contribution in [-0.4, -0.2) is 158 Å². The monoisotopic (exact) mass is 1410 g/mol. The van der Waals surface area contributed by atoms with Crippen LogP contribution in [0.25, 0.3) is 0 Å². The second-order valence-electron chi connectivity index (χ2n) is 24.6. The highest BCUT2D eigenvalue weighted by Gasteiger charge is 2.14. The maximum atomic E-state index is 12.1. The van der Waals surface area contributed by atoms with Crippen LogP contribution >= 0.6 is 0 Å². The van der Waals surface area contributed by atoms with Gasteiger partial charge in [0.05, 0.1) is 79.2 Å². The molecule has 1 amide bonds. The van der Waals surface area contributed by atoms with Crippen molar-refractivity contribution in [2.24, 2.45) is 5.92 Å². The molecular formula is C74H125NO24. The molecule has 0 radical (unpaired) electrons. The Kier molecular flexibility index (Phi) is 64.9. The third-order valence-corrected chi connectivity index (χ3v) is 15.7. The van der Waals surface area contributed by atoms with Crippen molar-refractivity contribution in [2.45, 2.75) is 296 Å². The lowest BCUT2D eigenvalue weighted by molar-refractivity contribution is -0.146. The highest BCUT2D eigenvalue weighted by molar-refractivity contribution is 5.81. The van der Waals surface area contributed by atoms with E-state index < -0.39 is 12.1 Å². The maximum Gasteiger partial charge on any atom is 0.407 e. The normalized spacial score (nSPS) is 11.1. The minimum Gasteiger partial charge on any atom is -0.466 e. The molecule has 0 spiro atoms. The van der Waals surface area contributed by atoms with Gasteiger partial charge >= 0.3 is 71.8 Å². The highest BCUT2D eigenvalue weighted by Crippen LogP contribution is 2.16. The molecule has 1 N–H and O–H groups in total. The summed E-state index contributed by atoms with van der Waals surface area (Å²) in [6, 6.07) is 0. The van der Waals surface area contributed by atoms with E-state index in [4.69, 9.17) is 56.8 Å². The van der Waals surface area contributed by atoms with Crippen LogP contribution in [0.5, 0.6) is 0 Å². The predicted octanol–water partition coefficient (Wildman–Crippen LogP) is 13.7. The van der Waals surface area contributed by atoms with Gasteiger partial charge in [-0.05, 0) is 205 Å². The first kappa shape index (κ1) is 92.2. The van der Waals surface area contributed by atoms with Gasteiger partial charge in [0.1, 0.15) is 6.61 Å². The van der Waals surface area contributed by atoms with Crippen LogP contribution < -0.4 is 5.32 Å². The Morgan fingerprint density at radius 2 is 0.495 bits per heavy atom. The van der Waals surface area contributed by atoms with Crippen molar-refractivity contribution in [2.75, 3.05) is 85.8 Å². The molecule has 0 fully saturated rings. The molecule has 0 rings (SSSR count). The quantitative estimate of drug-likeness (QED) is 0.0256. The Morgan fingerprint density at radius 3 is 0.707 bits per heavy atom. The number of hydrogen-bond acceptors (Lipinski definition) is 24. The first-order chi connectivity index (χ1) is 48.1. The fourth-order valence-corrected chi connectivity index (χ4v) is 9.57. The van der Waals surface area contributed by atoms with Gasteiger partial charge in [-0.2, -0.15) is 0 Å². The molecule has 25 heteroatoms. The molecule has 99 heavy (non-hydrogen) atoms. The number of amides is 1. The third kappa shape index (κ3) is 68.1. The third-order valence-electron chi connectivity index (χ3n) is 15.7. The van der Waals surface area contributed by atoms with Gasteiger partial charge in [-0.1, -0.05) is 39.7 Å². The predicted molar refractivity (Wildman–Crippen MR) is 368 cm³/mol. The summed E-state index contributed by atoms with van der Waals surface area (Å²) in [5.74, 6) is -2.82. The van der Waals surface area contributed by atoms with Crippen molar-refractivity contribution >= 4 is 71.8 Å². The standard InChI is InChI=1S/C74H125NO24/c1-4-7-38-62(5-2)61-99-73(86)48-27-16-36-58-96-71(84)46-25-14-34-56-94-69(82)44-23-12-32-54-92-67(80)42-21-10-30-52-90-65(78)40-19-8-28-50-88-64(77)39-18-9-29-51-89-66(79)41-20-11-31-53-91-68(81)43-22-13-33-55-93-70(83)45-24-15-35-57-95-72(85)47-26-17-37-59-98-74(87)75-49-60-97-63(76)6-3/h6,62H,3-5,7-61H2,1-2H3,(H,75,87).